The molecule has 3 amide bonds. The monoisotopic (exact) mass is 557 g/mol. The maximum Gasteiger partial charge on any atom is 0.244 e. The quantitative estimate of drug-likeness (QED) is 0.455. The van der Waals surface area contributed by atoms with Gasteiger partial charge in [0.25, 0.3) is 0 Å². The second kappa shape index (κ2) is 9.59. The third-order valence-corrected chi connectivity index (χ3v) is 10.6. The summed E-state index contributed by atoms with van der Waals surface area (Å²) in [6.45, 7) is 1.83. The number of anilines is 1. The zero-order valence-corrected chi connectivity index (χ0v) is 21.7. The van der Waals surface area contributed by atoms with E-state index in [0.29, 0.717) is 18.7 Å². The van der Waals surface area contributed by atoms with Crippen molar-refractivity contribution in [2.75, 3.05) is 11.9 Å². The van der Waals surface area contributed by atoms with Gasteiger partial charge in [-0.2, -0.15) is 0 Å². The maximum absolute atomic E-state index is 13.9. The van der Waals surface area contributed by atoms with Crippen LogP contribution in [0.1, 0.15) is 18.9 Å². The first-order chi connectivity index (χ1) is 16.9. The molecule has 0 radical (unpaired) electrons. The molecule has 7 nitrogen and oxygen atoms in total. The van der Waals surface area contributed by atoms with Gasteiger partial charge >= 0.3 is 0 Å². The minimum Gasteiger partial charge on any atom is -0.394 e. The lowest BCUT2D eigenvalue weighted by atomic mass is 9.70. The molecule has 3 heterocycles. The summed E-state index contributed by atoms with van der Waals surface area (Å²) < 4.78 is -0.737. The number of thioether (sulfide) groups is 1. The van der Waals surface area contributed by atoms with Gasteiger partial charge in [-0.1, -0.05) is 64.5 Å². The van der Waals surface area contributed by atoms with E-state index in [2.05, 4.69) is 26.6 Å². The molecule has 3 aliphatic rings. The van der Waals surface area contributed by atoms with E-state index in [-0.39, 0.29) is 34.4 Å². The Morgan fingerprint density at radius 1 is 1.14 bits per heavy atom. The zero-order chi connectivity index (χ0) is 24.7. The van der Waals surface area contributed by atoms with Crippen LogP contribution in [-0.2, 0) is 20.9 Å². The molecule has 0 aliphatic carbocycles. The molecule has 5 rings (SSSR count). The number of nitrogens with one attached hydrogen (secondary N) is 2. The number of likely N-dealkylation sites (tertiary alicyclic amines) is 1. The molecule has 9 heteroatoms. The lowest BCUT2D eigenvalue weighted by Gasteiger charge is -2.36. The molecule has 7 atom stereocenters. The molecule has 3 fully saturated rings. The number of rotatable bonds is 7. The number of halogens is 1. The van der Waals surface area contributed by atoms with Crippen LogP contribution in [0.2, 0.25) is 0 Å². The lowest BCUT2D eigenvalue weighted by molar-refractivity contribution is -0.141. The molecular weight excluding hydrogens is 530 g/mol. The summed E-state index contributed by atoms with van der Waals surface area (Å²) >= 11 is 5.34. The Kier molecular flexibility index (Phi) is 6.67. The van der Waals surface area contributed by atoms with Crippen molar-refractivity contribution in [3.8, 4) is 0 Å². The maximum atomic E-state index is 13.9. The zero-order valence-electron chi connectivity index (χ0n) is 19.3. The average molecular weight is 558 g/mol. The predicted molar refractivity (Wildman–Crippen MR) is 139 cm³/mol. The molecule has 0 aromatic heterocycles. The Morgan fingerprint density at radius 2 is 1.80 bits per heavy atom. The van der Waals surface area contributed by atoms with E-state index in [4.69, 9.17) is 0 Å². The van der Waals surface area contributed by atoms with E-state index in [1.165, 1.54) is 4.90 Å². The molecule has 1 spiro atoms. The van der Waals surface area contributed by atoms with Gasteiger partial charge in [-0.15, -0.1) is 11.8 Å². The molecule has 184 valence electrons. The molecule has 2 bridgehead atoms. The van der Waals surface area contributed by atoms with E-state index in [9.17, 15) is 19.5 Å². The van der Waals surface area contributed by atoms with Gasteiger partial charge in [0.05, 0.1) is 29.2 Å². The van der Waals surface area contributed by atoms with Crippen LogP contribution in [0, 0.1) is 11.8 Å². The molecule has 3 aliphatic heterocycles. The highest BCUT2D eigenvalue weighted by Gasteiger charge is 2.75. The standard InChI is InChI=1S/C26H28BrN3O4S/c1-15(14-31)30-22(24(33)28-13-16-8-4-2-5-9-16)26-12-18(27)21(35-26)19(20(26)25(30)34)23(32)29-17-10-6-3-7-11-17/h2-11,15,18-22,31H,12-14H2,1H3,(H,28,33)(H,29,32)/t15-,18?,19+,20+,21+,22?,26?/m1/s1. The highest BCUT2D eigenvalue weighted by Crippen LogP contribution is 2.68. The predicted octanol–water partition coefficient (Wildman–Crippen LogP) is 2.79. The van der Waals surface area contributed by atoms with Gasteiger partial charge in [0.15, 0.2) is 0 Å². The Morgan fingerprint density at radius 3 is 2.46 bits per heavy atom. The van der Waals surface area contributed by atoms with Crippen LogP contribution in [-0.4, -0.2) is 61.2 Å². The third kappa shape index (κ3) is 4.07. The lowest BCUT2D eigenvalue weighted by Crippen LogP contribution is -2.56. The van der Waals surface area contributed by atoms with Gasteiger partial charge in [0, 0.05) is 22.3 Å². The Bertz CT molecular complexity index is 1120. The van der Waals surface area contributed by atoms with Crippen molar-refractivity contribution in [1.29, 1.82) is 0 Å². The first-order valence-electron chi connectivity index (χ1n) is 11.8. The van der Waals surface area contributed by atoms with Crippen LogP contribution >= 0.6 is 27.7 Å². The Balaban J connectivity index is 1.47. The minimum atomic E-state index is -0.768. The molecule has 3 N–H and O–H groups in total. The van der Waals surface area contributed by atoms with Crippen LogP contribution in [0.4, 0.5) is 5.69 Å². The molecule has 0 saturated carbocycles. The number of hydrogen-bond acceptors (Lipinski definition) is 5. The second-order valence-electron chi connectivity index (χ2n) is 9.50. The van der Waals surface area contributed by atoms with E-state index in [1.54, 1.807) is 18.7 Å². The van der Waals surface area contributed by atoms with Crippen molar-refractivity contribution in [2.45, 2.75) is 46.8 Å². The number of fused-ring (bicyclic) bond motifs is 1. The molecule has 3 unspecified atom stereocenters. The first kappa shape index (κ1) is 24.3. The third-order valence-electron chi connectivity index (χ3n) is 7.37. The number of aliphatic hydroxyl groups excluding tert-OH is 1. The molecule has 35 heavy (non-hydrogen) atoms. The summed E-state index contributed by atoms with van der Waals surface area (Å²) in [5.74, 6) is -1.89. The van der Waals surface area contributed by atoms with Crippen LogP contribution in [0.25, 0.3) is 0 Å². The second-order valence-corrected chi connectivity index (χ2v) is 12.2. The van der Waals surface area contributed by atoms with Gasteiger partial charge < -0.3 is 20.6 Å². The van der Waals surface area contributed by atoms with Crippen molar-refractivity contribution in [2.24, 2.45) is 11.8 Å². The fourth-order valence-electron chi connectivity index (χ4n) is 5.86. The Labute approximate surface area is 217 Å². The van der Waals surface area contributed by atoms with Gasteiger partial charge in [0.2, 0.25) is 17.7 Å². The molecule has 3 saturated heterocycles. The van der Waals surface area contributed by atoms with E-state index in [0.717, 1.165) is 5.56 Å². The molecule has 2 aromatic rings. The number of para-hydroxylation sites is 1. The highest BCUT2D eigenvalue weighted by molar-refractivity contribution is 9.09. The number of hydrogen-bond donors (Lipinski definition) is 3. The SMILES string of the molecule is C[C@H](CO)N1C(=O)[C@@H]2[C@H](C(=O)Nc3ccccc3)[C@H]3SC2(CC3Br)C1C(=O)NCc1ccccc1. The highest BCUT2D eigenvalue weighted by atomic mass is 79.9. The molecule has 2 aromatic carbocycles. The normalized spacial score (nSPS) is 31.8. The summed E-state index contributed by atoms with van der Waals surface area (Å²) in [6, 6.07) is 17.5. The van der Waals surface area contributed by atoms with Gasteiger partial charge in [-0.3, -0.25) is 14.4 Å². The summed E-state index contributed by atoms with van der Waals surface area (Å²) in [5, 5.41) is 15.8. The largest absolute Gasteiger partial charge is 0.394 e. The number of benzene rings is 2. The van der Waals surface area contributed by atoms with Crippen molar-refractivity contribution in [3.63, 3.8) is 0 Å². The van der Waals surface area contributed by atoms with Gasteiger partial charge in [0.1, 0.15) is 6.04 Å². The van der Waals surface area contributed by atoms with Crippen LogP contribution < -0.4 is 10.6 Å². The van der Waals surface area contributed by atoms with Gasteiger partial charge in [-0.05, 0) is 31.0 Å². The van der Waals surface area contributed by atoms with Crippen molar-refractivity contribution >= 4 is 51.1 Å². The summed E-state index contributed by atoms with van der Waals surface area (Å²) in [5.41, 5.74) is 1.64. The van der Waals surface area contributed by atoms with E-state index < -0.39 is 28.7 Å². The van der Waals surface area contributed by atoms with E-state index in [1.807, 2.05) is 60.7 Å². The van der Waals surface area contributed by atoms with E-state index >= 15 is 0 Å². The topological polar surface area (TPSA) is 98.7 Å². The minimum absolute atomic E-state index is 0.00289. The molecular formula is C26H28BrN3O4S. The number of aliphatic hydroxyl groups is 1. The number of amides is 3. The summed E-state index contributed by atoms with van der Waals surface area (Å²) in [6.07, 6.45) is 0.603. The summed E-state index contributed by atoms with van der Waals surface area (Å²) in [7, 11) is 0. The van der Waals surface area contributed by atoms with Crippen molar-refractivity contribution < 1.29 is 19.5 Å². The Hall–Kier alpha value is -2.36. The van der Waals surface area contributed by atoms with Crippen LogP contribution in [0.5, 0.6) is 0 Å². The van der Waals surface area contributed by atoms with Gasteiger partial charge in [-0.25, -0.2) is 0 Å². The van der Waals surface area contributed by atoms with Crippen molar-refractivity contribution in [1.82, 2.24) is 10.2 Å². The fourth-order valence-corrected chi connectivity index (χ4v) is 9.46. The van der Waals surface area contributed by atoms with Crippen molar-refractivity contribution in [3.05, 3.63) is 66.2 Å². The van der Waals surface area contributed by atoms with Crippen LogP contribution in [0.3, 0.4) is 0 Å². The number of carbonyl (C=O) groups excluding carboxylic acids is 3. The van der Waals surface area contributed by atoms with Crippen LogP contribution in [0.15, 0.2) is 60.7 Å². The first-order valence-corrected chi connectivity index (χ1v) is 13.6. The number of carbonyl (C=O) groups is 3. The fraction of sp³-hybridized carbons (Fsp3) is 0.423. The number of alkyl halides is 1. The number of nitrogens with zero attached hydrogens (tertiary/aromatic N) is 1. The smallest absolute Gasteiger partial charge is 0.244 e. The average Bonchev–Trinajstić information content (AvgIpc) is 3.46. The summed E-state index contributed by atoms with van der Waals surface area (Å²) in [4.78, 5) is 42.6.